The highest BCUT2D eigenvalue weighted by Crippen LogP contribution is 2.14. The van der Waals surface area contributed by atoms with E-state index < -0.39 is 15.9 Å². The van der Waals surface area contributed by atoms with Crippen LogP contribution in [-0.2, 0) is 21.4 Å². The monoisotopic (exact) mass is 378 g/mol. The standard InChI is InChI=1S/C19H23FN2O3S/c1-14-4-6-16(7-5-14)12-22(26(3,24)25)13-19(23)21-15(2)17-8-10-18(20)11-9-17/h4-11,15H,12-13H2,1-3H3,(H,21,23)/t15-/m0/s1. The molecular formula is C19H23FN2O3S. The van der Waals surface area contributed by atoms with Gasteiger partial charge < -0.3 is 5.32 Å². The van der Waals surface area contributed by atoms with Crippen LogP contribution in [0, 0.1) is 12.7 Å². The van der Waals surface area contributed by atoms with Crippen molar-refractivity contribution in [2.45, 2.75) is 26.4 Å². The molecule has 0 spiro atoms. The van der Waals surface area contributed by atoms with Crippen LogP contribution in [-0.4, -0.2) is 31.4 Å². The Morgan fingerprint density at radius 3 is 2.23 bits per heavy atom. The molecule has 0 saturated heterocycles. The van der Waals surface area contributed by atoms with E-state index in [-0.39, 0.29) is 24.9 Å². The summed E-state index contributed by atoms with van der Waals surface area (Å²) in [6.07, 6.45) is 1.08. The van der Waals surface area contributed by atoms with E-state index in [1.165, 1.54) is 12.1 Å². The maximum Gasteiger partial charge on any atom is 0.235 e. The third kappa shape index (κ3) is 5.93. The molecule has 0 unspecified atom stereocenters. The lowest BCUT2D eigenvalue weighted by Gasteiger charge is -2.21. The molecule has 0 aliphatic carbocycles. The molecule has 0 aliphatic rings. The minimum Gasteiger partial charge on any atom is -0.348 e. The number of aryl methyl sites for hydroxylation is 1. The van der Waals surface area contributed by atoms with Gasteiger partial charge in [0.05, 0.1) is 18.8 Å². The Balaban J connectivity index is 2.04. The summed E-state index contributed by atoms with van der Waals surface area (Å²) in [5.74, 6) is -0.770. The van der Waals surface area contributed by atoms with Crippen LogP contribution < -0.4 is 5.32 Å². The van der Waals surface area contributed by atoms with Gasteiger partial charge in [-0.1, -0.05) is 42.0 Å². The van der Waals surface area contributed by atoms with Crippen LogP contribution in [0.2, 0.25) is 0 Å². The quantitative estimate of drug-likeness (QED) is 0.806. The van der Waals surface area contributed by atoms with Crippen molar-refractivity contribution in [3.63, 3.8) is 0 Å². The number of carbonyl (C=O) groups is 1. The highest BCUT2D eigenvalue weighted by Gasteiger charge is 2.21. The highest BCUT2D eigenvalue weighted by molar-refractivity contribution is 7.88. The second kappa shape index (κ2) is 8.42. The lowest BCUT2D eigenvalue weighted by molar-refractivity contribution is -0.122. The number of amides is 1. The molecule has 0 bridgehead atoms. The lowest BCUT2D eigenvalue weighted by Crippen LogP contribution is -2.40. The minimum absolute atomic E-state index is 0.122. The van der Waals surface area contributed by atoms with Crippen molar-refractivity contribution in [1.29, 1.82) is 0 Å². The second-order valence-electron chi connectivity index (χ2n) is 6.36. The Morgan fingerprint density at radius 1 is 1.12 bits per heavy atom. The molecule has 2 rings (SSSR count). The number of sulfonamides is 1. The molecule has 0 saturated carbocycles. The molecule has 0 radical (unpaired) electrons. The summed E-state index contributed by atoms with van der Waals surface area (Å²) >= 11 is 0. The minimum atomic E-state index is -3.55. The maximum atomic E-state index is 13.0. The van der Waals surface area contributed by atoms with Crippen LogP contribution in [0.3, 0.4) is 0 Å². The molecule has 0 fully saturated rings. The van der Waals surface area contributed by atoms with Gasteiger partial charge in [0.2, 0.25) is 15.9 Å². The number of nitrogens with zero attached hydrogens (tertiary/aromatic N) is 1. The average molecular weight is 378 g/mol. The number of benzene rings is 2. The fraction of sp³-hybridized carbons (Fsp3) is 0.316. The van der Waals surface area contributed by atoms with E-state index in [9.17, 15) is 17.6 Å². The summed E-state index contributed by atoms with van der Waals surface area (Å²) in [6, 6.07) is 12.9. The van der Waals surface area contributed by atoms with Gasteiger partial charge >= 0.3 is 0 Å². The SMILES string of the molecule is Cc1ccc(CN(CC(=O)N[C@@H](C)c2ccc(F)cc2)S(C)(=O)=O)cc1. The highest BCUT2D eigenvalue weighted by atomic mass is 32.2. The van der Waals surface area contributed by atoms with Gasteiger partial charge in [-0.2, -0.15) is 4.31 Å². The van der Waals surface area contributed by atoms with Crippen LogP contribution in [0.25, 0.3) is 0 Å². The Bertz CT molecular complexity index is 849. The fourth-order valence-corrected chi connectivity index (χ4v) is 3.20. The van der Waals surface area contributed by atoms with Gasteiger partial charge in [0, 0.05) is 6.54 Å². The summed E-state index contributed by atoms with van der Waals surface area (Å²) < 4.78 is 38.2. The molecule has 1 amide bonds. The molecule has 2 aromatic rings. The van der Waals surface area contributed by atoms with E-state index in [0.29, 0.717) is 0 Å². The molecule has 26 heavy (non-hydrogen) atoms. The van der Waals surface area contributed by atoms with Gasteiger partial charge in [0.15, 0.2) is 0 Å². The molecule has 0 aromatic heterocycles. The van der Waals surface area contributed by atoms with Crippen molar-refractivity contribution >= 4 is 15.9 Å². The smallest absolute Gasteiger partial charge is 0.235 e. The zero-order valence-electron chi connectivity index (χ0n) is 15.1. The summed E-state index contributed by atoms with van der Waals surface area (Å²) in [6.45, 7) is 3.55. The average Bonchev–Trinajstić information content (AvgIpc) is 2.56. The molecule has 140 valence electrons. The van der Waals surface area contributed by atoms with E-state index in [1.807, 2.05) is 31.2 Å². The number of carbonyl (C=O) groups excluding carboxylic acids is 1. The second-order valence-corrected chi connectivity index (χ2v) is 8.34. The number of hydrogen-bond acceptors (Lipinski definition) is 3. The van der Waals surface area contributed by atoms with Crippen molar-refractivity contribution in [1.82, 2.24) is 9.62 Å². The van der Waals surface area contributed by atoms with E-state index in [2.05, 4.69) is 5.32 Å². The van der Waals surface area contributed by atoms with Crippen LogP contribution in [0.15, 0.2) is 48.5 Å². The first kappa shape index (κ1) is 20.1. The third-order valence-corrected chi connectivity index (χ3v) is 5.21. The first-order valence-electron chi connectivity index (χ1n) is 8.20. The van der Waals surface area contributed by atoms with Crippen molar-refractivity contribution in [2.75, 3.05) is 12.8 Å². The van der Waals surface area contributed by atoms with Crippen LogP contribution in [0.4, 0.5) is 4.39 Å². The number of hydrogen-bond donors (Lipinski definition) is 1. The first-order valence-corrected chi connectivity index (χ1v) is 10.1. The number of nitrogens with one attached hydrogen (secondary N) is 1. The zero-order valence-corrected chi connectivity index (χ0v) is 15.9. The van der Waals surface area contributed by atoms with E-state index in [4.69, 9.17) is 0 Å². The zero-order chi connectivity index (χ0) is 19.3. The van der Waals surface area contributed by atoms with Crippen LogP contribution in [0.1, 0.15) is 29.7 Å². The Hall–Kier alpha value is -2.25. The van der Waals surface area contributed by atoms with E-state index >= 15 is 0 Å². The van der Waals surface area contributed by atoms with Crippen molar-refractivity contribution < 1.29 is 17.6 Å². The largest absolute Gasteiger partial charge is 0.348 e. The van der Waals surface area contributed by atoms with Crippen LogP contribution >= 0.6 is 0 Å². The first-order chi connectivity index (χ1) is 12.1. The van der Waals surface area contributed by atoms with E-state index in [1.54, 1.807) is 19.1 Å². The Morgan fingerprint density at radius 2 is 1.69 bits per heavy atom. The molecule has 1 atom stereocenters. The van der Waals surface area contributed by atoms with Gasteiger partial charge in [-0.15, -0.1) is 0 Å². The van der Waals surface area contributed by atoms with Gasteiger partial charge in [0.25, 0.3) is 0 Å². The van der Waals surface area contributed by atoms with Gasteiger partial charge in [-0.3, -0.25) is 4.79 Å². The van der Waals surface area contributed by atoms with Gasteiger partial charge in [-0.05, 0) is 37.1 Å². The van der Waals surface area contributed by atoms with Gasteiger partial charge in [0.1, 0.15) is 5.82 Å². The summed E-state index contributed by atoms with van der Waals surface area (Å²) in [4.78, 5) is 12.3. The molecule has 0 aliphatic heterocycles. The van der Waals surface area contributed by atoms with Crippen molar-refractivity contribution in [2.24, 2.45) is 0 Å². The normalized spacial score (nSPS) is 12.8. The van der Waals surface area contributed by atoms with Crippen molar-refractivity contribution in [3.8, 4) is 0 Å². The summed E-state index contributed by atoms with van der Waals surface area (Å²) in [7, 11) is -3.55. The van der Waals surface area contributed by atoms with Crippen LogP contribution in [0.5, 0.6) is 0 Å². The Kier molecular flexibility index (Phi) is 6.50. The fourth-order valence-electron chi connectivity index (χ4n) is 2.47. The molecule has 5 nitrogen and oxygen atoms in total. The summed E-state index contributed by atoms with van der Waals surface area (Å²) in [5, 5.41) is 2.75. The topological polar surface area (TPSA) is 66.5 Å². The maximum absolute atomic E-state index is 13.0. The Labute approximate surface area is 153 Å². The molecule has 1 N–H and O–H groups in total. The molecule has 7 heteroatoms. The lowest BCUT2D eigenvalue weighted by atomic mass is 10.1. The summed E-state index contributed by atoms with van der Waals surface area (Å²) in [5.41, 5.74) is 2.62. The third-order valence-electron chi connectivity index (χ3n) is 4.02. The van der Waals surface area contributed by atoms with Gasteiger partial charge in [-0.25, -0.2) is 12.8 Å². The molecular weight excluding hydrogens is 355 g/mol. The molecule has 0 heterocycles. The number of rotatable bonds is 7. The van der Waals surface area contributed by atoms with E-state index in [0.717, 1.165) is 27.3 Å². The van der Waals surface area contributed by atoms with Crippen molar-refractivity contribution in [3.05, 3.63) is 71.0 Å². The predicted octanol–water partition coefficient (Wildman–Crippen LogP) is 2.77. The molecule has 2 aromatic carbocycles. The predicted molar refractivity (Wildman–Crippen MR) is 99.4 cm³/mol. The number of halogens is 1.